The number of nitrogens with zero attached hydrogens (tertiary/aromatic N) is 5. The Morgan fingerprint density at radius 1 is 1.03 bits per heavy atom. The Morgan fingerprint density at radius 2 is 1.60 bits per heavy atom. The number of benzene rings is 1. The predicted molar refractivity (Wildman–Crippen MR) is 106 cm³/mol. The molecule has 1 aliphatic heterocycles. The van der Waals surface area contributed by atoms with E-state index in [0.717, 1.165) is 12.1 Å². The largest absolute Gasteiger partial charge is 0.454 e. The first kappa shape index (κ1) is 18.6. The summed E-state index contributed by atoms with van der Waals surface area (Å²) in [5.74, 6) is 1.04. The first-order chi connectivity index (χ1) is 14.3. The molecular weight excluding hydrogens is 382 g/mol. The molecule has 8 nitrogen and oxygen atoms in total. The maximum absolute atomic E-state index is 13.9. The summed E-state index contributed by atoms with van der Waals surface area (Å²) in [5.41, 5.74) is 1.09. The molecule has 1 fully saturated rings. The molecule has 2 aromatic rings. The van der Waals surface area contributed by atoms with E-state index in [0.29, 0.717) is 34.6 Å². The zero-order valence-electron chi connectivity index (χ0n) is 17.2. The van der Waals surface area contributed by atoms with Crippen molar-refractivity contribution in [3.63, 3.8) is 0 Å². The van der Waals surface area contributed by atoms with E-state index in [-0.39, 0.29) is 31.2 Å². The van der Waals surface area contributed by atoms with Crippen LogP contribution in [0.15, 0.2) is 12.1 Å². The third-order valence-corrected chi connectivity index (χ3v) is 7.71. The second kappa shape index (κ2) is 5.82. The van der Waals surface area contributed by atoms with Gasteiger partial charge in [-0.15, -0.1) is 0 Å². The molecule has 0 radical (unpaired) electrons. The summed E-state index contributed by atoms with van der Waals surface area (Å²) in [6.45, 7) is 6.20. The summed E-state index contributed by atoms with van der Waals surface area (Å²) in [4.78, 5) is 25.1. The van der Waals surface area contributed by atoms with Gasteiger partial charge in [0.05, 0.1) is 40.0 Å². The number of ether oxygens (including phenoxy) is 2. The van der Waals surface area contributed by atoms with Gasteiger partial charge >= 0.3 is 0 Å². The smallest absolute Gasteiger partial charge is 0.237 e. The van der Waals surface area contributed by atoms with E-state index in [2.05, 4.69) is 20.8 Å². The fourth-order valence-corrected chi connectivity index (χ4v) is 5.61. The normalized spacial score (nSPS) is 26.8. The van der Waals surface area contributed by atoms with E-state index in [1.165, 1.54) is 4.90 Å². The minimum Gasteiger partial charge on any atom is -0.454 e. The van der Waals surface area contributed by atoms with Gasteiger partial charge in [-0.25, -0.2) is 9.97 Å². The van der Waals surface area contributed by atoms with Crippen molar-refractivity contribution in [2.45, 2.75) is 44.4 Å². The third-order valence-electron chi connectivity index (χ3n) is 7.71. The van der Waals surface area contributed by atoms with Crippen molar-refractivity contribution in [3.05, 3.63) is 23.5 Å². The topological polar surface area (TPSA) is 112 Å². The van der Waals surface area contributed by atoms with Crippen LogP contribution < -0.4 is 9.47 Å². The van der Waals surface area contributed by atoms with E-state index in [1.807, 2.05) is 18.2 Å². The zero-order valence-corrected chi connectivity index (χ0v) is 17.2. The van der Waals surface area contributed by atoms with Crippen LogP contribution in [0.2, 0.25) is 0 Å². The van der Waals surface area contributed by atoms with Gasteiger partial charge in [0.2, 0.25) is 12.7 Å². The quantitative estimate of drug-likeness (QED) is 0.724. The number of amides is 1. The lowest BCUT2D eigenvalue weighted by molar-refractivity contribution is -0.140. The van der Waals surface area contributed by atoms with Gasteiger partial charge in [0.25, 0.3) is 0 Å². The lowest BCUT2D eigenvalue weighted by atomic mass is 9.63. The van der Waals surface area contributed by atoms with Gasteiger partial charge in [-0.3, -0.25) is 4.79 Å². The third kappa shape index (κ3) is 1.96. The zero-order chi connectivity index (χ0) is 21.3. The number of hydrogen-bond acceptors (Lipinski definition) is 7. The van der Waals surface area contributed by atoms with Gasteiger partial charge < -0.3 is 14.4 Å². The summed E-state index contributed by atoms with van der Waals surface area (Å²) in [6.07, 6.45) is 1.40. The standard InChI is InChI=1S/C22H21N5O3/c1-20(2)21(3)4-5-22(20,19(28)27(8-6-23)9-7-24)18-17(21)25-13-10-15-16(30-12-29-15)11-14(13)26-18/h10-11H,4-5,8-9,12H2,1-3H3. The highest BCUT2D eigenvalue weighted by Gasteiger charge is 2.73. The second-order valence-electron chi connectivity index (χ2n) is 8.95. The average molecular weight is 403 g/mol. The van der Waals surface area contributed by atoms with Crippen LogP contribution in [0.5, 0.6) is 11.5 Å². The molecule has 2 heterocycles. The van der Waals surface area contributed by atoms with Crippen LogP contribution in [0.1, 0.15) is 45.0 Å². The van der Waals surface area contributed by atoms with Crippen molar-refractivity contribution >= 4 is 16.9 Å². The molecule has 1 amide bonds. The summed E-state index contributed by atoms with van der Waals surface area (Å²) in [6, 6.07) is 7.67. The Hall–Kier alpha value is -3.39. The number of aromatic nitrogens is 2. The summed E-state index contributed by atoms with van der Waals surface area (Å²) in [5, 5.41) is 18.4. The van der Waals surface area contributed by atoms with Gasteiger partial charge in [-0.05, 0) is 18.3 Å². The van der Waals surface area contributed by atoms with Gasteiger partial charge in [-0.1, -0.05) is 20.8 Å². The van der Waals surface area contributed by atoms with Crippen LogP contribution in [0.4, 0.5) is 0 Å². The molecule has 2 aliphatic carbocycles. The maximum Gasteiger partial charge on any atom is 0.237 e. The van der Waals surface area contributed by atoms with Crippen LogP contribution in [0.25, 0.3) is 11.0 Å². The lowest BCUT2D eigenvalue weighted by Crippen LogP contribution is -2.53. The average Bonchev–Trinajstić information content (AvgIpc) is 3.29. The lowest BCUT2D eigenvalue weighted by Gasteiger charge is -2.41. The maximum atomic E-state index is 13.9. The van der Waals surface area contributed by atoms with Crippen LogP contribution in [0, 0.1) is 28.1 Å². The Balaban J connectivity index is 1.76. The van der Waals surface area contributed by atoms with Gasteiger partial charge in [0, 0.05) is 17.5 Å². The molecule has 152 valence electrons. The monoisotopic (exact) mass is 403 g/mol. The molecule has 3 aliphatic rings. The highest BCUT2D eigenvalue weighted by molar-refractivity contribution is 5.93. The Kier molecular flexibility index (Phi) is 3.62. The molecule has 0 saturated heterocycles. The first-order valence-electron chi connectivity index (χ1n) is 9.96. The van der Waals surface area contributed by atoms with E-state index in [1.54, 1.807) is 6.07 Å². The summed E-state index contributed by atoms with van der Waals surface area (Å²) in [7, 11) is 0. The number of carbonyl (C=O) groups is 1. The van der Waals surface area contributed by atoms with E-state index >= 15 is 0 Å². The molecule has 8 heteroatoms. The van der Waals surface area contributed by atoms with Crippen LogP contribution >= 0.6 is 0 Å². The summed E-state index contributed by atoms with van der Waals surface area (Å²) >= 11 is 0. The van der Waals surface area contributed by atoms with E-state index in [4.69, 9.17) is 19.4 Å². The van der Waals surface area contributed by atoms with Crippen molar-refractivity contribution < 1.29 is 14.3 Å². The molecule has 2 bridgehead atoms. The molecule has 2 atom stereocenters. The van der Waals surface area contributed by atoms with Crippen LogP contribution in [-0.4, -0.2) is 40.7 Å². The highest BCUT2D eigenvalue weighted by atomic mass is 16.7. The van der Waals surface area contributed by atoms with Gasteiger partial charge in [0.15, 0.2) is 11.5 Å². The summed E-state index contributed by atoms with van der Waals surface area (Å²) < 4.78 is 11.0. The van der Waals surface area contributed by atoms with E-state index < -0.39 is 10.8 Å². The highest BCUT2D eigenvalue weighted by Crippen LogP contribution is 2.70. The Labute approximate surface area is 174 Å². The molecule has 1 aromatic heterocycles. The van der Waals surface area contributed by atoms with Crippen molar-refractivity contribution in [2.75, 3.05) is 19.9 Å². The van der Waals surface area contributed by atoms with E-state index in [9.17, 15) is 15.3 Å². The number of rotatable bonds is 3. The van der Waals surface area contributed by atoms with Gasteiger partial charge in [-0.2, -0.15) is 10.5 Å². The van der Waals surface area contributed by atoms with Crippen molar-refractivity contribution in [1.82, 2.24) is 14.9 Å². The molecule has 0 N–H and O–H groups in total. The fourth-order valence-electron chi connectivity index (χ4n) is 5.61. The Morgan fingerprint density at radius 3 is 2.17 bits per heavy atom. The number of fused-ring (bicyclic) bond motifs is 7. The second-order valence-corrected chi connectivity index (χ2v) is 8.95. The van der Waals surface area contributed by atoms with Crippen molar-refractivity contribution in [3.8, 4) is 23.6 Å². The van der Waals surface area contributed by atoms with Crippen molar-refractivity contribution in [2.24, 2.45) is 5.41 Å². The number of carbonyl (C=O) groups excluding carboxylic acids is 1. The Bertz CT molecular complexity index is 1180. The van der Waals surface area contributed by atoms with Crippen molar-refractivity contribution in [1.29, 1.82) is 10.5 Å². The molecule has 1 aromatic carbocycles. The predicted octanol–water partition coefficient (Wildman–Crippen LogP) is 2.56. The minimum absolute atomic E-state index is 0.129. The minimum atomic E-state index is -0.928. The molecular formula is C22H21N5O3. The molecule has 0 spiro atoms. The molecule has 1 saturated carbocycles. The molecule has 2 unspecified atom stereocenters. The fraction of sp³-hybridized carbons (Fsp3) is 0.500. The number of hydrogen-bond donors (Lipinski definition) is 0. The SMILES string of the molecule is CC12CCC(C(=O)N(CC#N)CC#N)(c3nc4cc5c(cc4nc31)OCO5)C2(C)C. The van der Waals surface area contributed by atoms with Gasteiger partial charge in [0.1, 0.15) is 13.1 Å². The molecule has 30 heavy (non-hydrogen) atoms. The molecule has 5 rings (SSSR count). The number of nitriles is 2. The van der Waals surface area contributed by atoms with Crippen LogP contribution in [-0.2, 0) is 15.6 Å². The van der Waals surface area contributed by atoms with Crippen LogP contribution in [0.3, 0.4) is 0 Å². The first-order valence-corrected chi connectivity index (χ1v) is 9.96.